The number of carbonyl (C=O) groups is 1. The van der Waals surface area contributed by atoms with E-state index in [1.165, 1.54) is 18.7 Å². The summed E-state index contributed by atoms with van der Waals surface area (Å²) in [6.45, 7) is 4.91. The largest absolute Gasteiger partial charge is 0.328 e. The third-order valence-corrected chi connectivity index (χ3v) is 4.51. The molecule has 1 amide bonds. The highest BCUT2D eigenvalue weighted by molar-refractivity contribution is 7.92. The molecule has 0 rings (SSSR count). The van der Waals surface area contributed by atoms with E-state index in [1.807, 2.05) is 13.0 Å². The van der Waals surface area contributed by atoms with Gasteiger partial charge in [-0.25, -0.2) is 8.42 Å². The summed E-state index contributed by atoms with van der Waals surface area (Å²) in [5.41, 5.74) is 0. The van der Waals surface area contributed by atoms with Crippen LogP contribution in [-0.2, 0) is 14.6 Å². The van der Waals surface area contributed by atoms with E-state index in [9.17, 15) is 13.2 Å². The summed E-state index contributed by atoms with van der Waals surface area (Å²) in [6.07, 6.45) is 1.72. The van der Waals surface area contributed by atoms with E-state index < -0.39 is 20.5 Å². The van der Waals surface area contributed by atoms with Gasteiger partial charge < -0.3 is 4.90 Å². The molecule has 0 N–H and O–H groups in total. The molecule has 0 aromatic heterocycles. The second-order valence-corrected chi connectivity index (χ2v) is 6.73. The zero-order chi connectivity index (χ0) is 13.0. The van der Waals surface area contributed by atoms with Crippen LogP contribution >= 0.6 is 0 Å². The highest BCUT2D eigenvalue weighted by Gasteiger charge is 2.40. The molecule has 0 spiro atoms. The van der Waals surface area contributed by atoms with Crippen molar-refractivity contribution in [1.82, 2.24) is 4.90 Å². The Morgan fingerprint density at radius 1 is 1.44 bits per heavy atom. The molecule has 5 nitrogen and oxygen atoms in total. The van der Waals surface area contributed by atoms with Crippen molar-refractivity contribution in [2.24, 2.45) is 0 Å². The molecular weight excluding hydrogens is 228 g/mol. The van der Waals surface area contributed by atoms with E-state index in [-0.39, 0.29) is 6.54 Å². The van der Waals surface area contributed by atoms with Crippen molar-refractivity contribution < 1.29 is 13.2 Å². The molecule has 0 saturated heterocycles. The van der Waals surface area contributed by atoms with Crippen LogP contribution in [0.15, 0.2) is 0 Å². The minimum atomic E-state index is -3.48. The molecule has 6 heteroatoms. The molecular formula is C10H18N2O3S. The van der Waals surface area contributed by atoms with E-state index >= 15 is 0 Å². The van der Waals surface area contributed by atoms with Crippen LogP contribution in [0.4, 0.5) is 0 Å². The zero-order valence-electron chi connectivity index (χ0n) is 10.1. The van der Waals surface area contributed by atoms with Crippen LogP contribution in [-0.4, -0.2) is 43.3 Å². The van der Waals surface area contributed by atoms with Crippen molar-refractivity contribution in [2.45, 2.75) is 31.9 Å². The Morgan fingerprint density at radius 3 is 2.25 bits per heavy atom. The van der Waals surface area contributed by atoms with Crippen LogP contribution in [0.1, 0.15) is 27.2 Å². The number of nitrogens with zero attached hydrogens (tertiary/aromatic N) is 2. The van der Waals surface area contributed by atoms with Crippen molar-refractivity contribution in [2.75, 3.05) is 19.3 Å². The van der Waals surface area contributed by atoms with Crippen molar-refractivity contribution in [3.63, 3.8) is 0 Å². The predicted molar refractivity (Wildman–Crippen MR) is 61.4 cm³/mol. The second-order valence-electron chi connectivity index (χ2n) is 4.17. The molecule has 0 radical (unpaired) electrons. The average molecular weight is 246 g/mol. The maximum atomic E-state index is 12.0. The van der Waals surface area contributed by atoms with E-state index in [0.717, 1.165) is 6.26 Å². The summed E-state index contributed by atoms with van der Waals surface area (Å²) >= 11 is 0. The van der Waals surface area contributed by atoms with E-state index in [1.54, 1.807) is 0 Å². The Hall–Kier alpha value is -1.09. The normalized spacial score (nSPS) is 11.9. The Morgan fingerprint density at radius 2 is 1.94 bits per heavy atom. The van der Waals surface area contributed by atoms with Gasteiger partial charge in [-0.1, -0.05) is 6.92 Å². The van der Waals surface area contributed by atoms with Crippen molar-refractivity contribution >= 4 is 15.7 Å². The second kappa shape index (κ2) is 5.30. The van der Waals surface area contributed by atoms with Gasteiger partial charge >= 0.3 is 0 Å². The molecule has 0 aromatic rings. The maximum Gasteiger partial charge on any atom is 0.244 e. The van der Waals surface area contributed by atoms with Crippen LogP contribution in [0.5, 0.6) is 0 Å². The van der Waals surface area contributed by atoms with Crippen molar-refractivity contribution in [3.05, 3.63) is 0 Å². The lowest BCUT2D eigenvalue weighted by molar-refractivity contribution is -0.132. The SMILES string of the molecule is CCCN(CC#N)C(=O)C(C)(C)S(C)(=O)=O. The standard InChI is InChI=1S/C10H18N2O3S/c1-5-7-12(8-6-11)9(13)10(2,3)16(4,14)15/h5,7-8H2,1-4H3. The smallest absolute Gasteiger partial charge is 0.244 e. The first-order valence-corrected chi connectivity index (χ1v) is 6.93. The monoisotopic (exact) mass is 246 g/mol. The molecule has 0 aliphatic heterocycles. The van der Waals surface area contributed by atoms with Gasteiger partial charge in [0.05, 0.1) is 6.07 Å². The van der Waals surface area contributed by atoms with Gasteiger partial charge in [0.15, 0.2) is 9.84 Å². The number of sulfone groups is 1. The Balaban J connectivity index is 5.09. The Bertz CT molecular complexity index is 393. The molecule has 92 valence electrons. The fraction of sp³-hybridized carbons (Fsp3) is 0.800. The van der Waals surface area contributed by atoms with Gasteiger partial charge in [-0.05, 0) is 20.3 Å². The first-order chi connectivity index (χ1) is 7.18. The van der Waals surface area contributed by atoms with Crippen LogP contribution in [0.3, 0.4) is 0 Å². The number of hydrogen-bond acceptors (Lipinski definition) is 4. The fourth-order valence-corrected chi connectivity index (χ4v) is 1.59. The van der Waals surface area contributed by atoms with E-state index in [4.69, 9.17) is 5.26 Å². The molecule has 0 aliphatic rings. The maximum absolute atomic E-state index is 12.0. The van der Waals surface area contributed by atoms with Crippen LogP contribution < -0.4 is 0 Å². The lowest BCUT2D eigenvalue weighted by atomic mass is 10.1. The van der Waals surface area contributed by atoms with Crippen LogP contribution in [0.25, 0.3) is 0 Å². The van der Waals surface area contributed by atoms with Crippen LogP contribution in [0, 0.1) is 11.3 Å². The van der Waals surface area contributed by atoms with E-state index in [2.05, 4.69) is 0 Å². The van der Waals surface area contributed by atoms with Crippen molar-refractivity contribution in [1.29, 1.82) is 5.26 Å². The summed E-state index contributed by atoms with van der Waals surface area (Å²) in [5.74, 6) is -0.515. The number of nitriles is 1. The summed E-state index contributed by atoms with van der Waals surface area (Å²) in [6, 6.07) is 1.87. The minimum Gasteiger partial charge on any atom is -0.328 e. The molecule has 0 saturated carbocycles. The molecule has 0 aromatic carbocycles. The third kappa shape index (κ3) is 3.20. The number of hydrogen-bond donors (Lipinski definition) is 0. The van der Waals surface area contributed by atoms with Crippen molar-refractivity contribution in [3.8, 4) is 6.07 Å². The van der Waals surface area contributed by atoms with Gasteiger partial charge in [0.2, 0.25) is 5.91 Å². The van der Waals surface area contributed by atoms with E-state index in [0.29, 0.717) is 13.0 Å². The third-order valence-electron chi connectivity index (χ3n) is 2.48. The minimum absolute atomic E-state index is 0.0778. The summed E-state index contributed by atoms with van der Waals surface area (Å²) in [7, 11) is -3.48. The van der Waals surface area contributed by atoms with Gasteiger partial charge in [-0.2, -0.15) is 5.26 Å². The molecule has 0 atom stereocenters. The Labute approximate surface area is 97.0 Å². The van der Waals surface area contributed by atoms with Gasteiger partial charge in [-0.3, -0.25) is 4.79 Å². The lowest BCUT2D eigenvalue weighted by Gasteiger charge is -2.28. The summed E-state index contributed by atoms with van der Waals surface area (Å²) < 4.78 is 21.5. The highest BCUT2D eigenvalue weighted by Crippen LogP contribution is 2.18. The van der Waals surface area contributed by atoms with Gasteiger partial charge in [0.25, 0.3) is 0 Å². The topological polar surface area (TPSA) is 78.2 Å². The van der Waals surface area contributed by atoms with Gasteiger partial charge in [0.1, 0.15) is 11.3 Å². The average Bonchev–Trinajstić information content (AvgIpc) is 2.14. The Kier molecular flexibility index (Phi) is 4.94. The first kappa shape index (κ1) is 14.9. The molecule has 0 unspecified atom stereocenters. The highest BCUT2D eigenvalue weighted by atomic mass is 32.2. The van der Waals surface area contributed by atoms with Gasteiger partial charge in [0, 0.05) is 12.8 Å². The zero-order valence-corrected chi connectivity index (χ0v) is 11.0. The summed E-state index contributed by atoms with van der Waals surface area (Å²) in [5, 5.41) is 8.59. The van der Waals surface area contributed by atoms with Crippen LogP contribution in [0.2, 0.25) is 0 Å². The number of rotatable bonds is 5. The fourth-order valence-electron chi connectivity index (χ4n) is 1.15. The predicted octanol–water partition coefficient (Wildman–Crippen LogP) is 0.572. The van der Waals surface area contributed by atoms with Gasteiger partial charge in [-0.15, -0.1) is 0 Å². The molecule has 0 bridgehead atoms. The summed E-state index contributed by atoms with van der Waals surface area (Å²) in [4.78, 5) is 13.3. The molecule has 0 aliphatic carbocycles. The molecule has 0 heterocycles. The molecule has 0 fully saturated rings. The quantitative estimate of drug-likeness (QED) is 0.664. The number of amides is 1. The lowest BCUT2D eigenvalue weighted by Crippen LogP contribution is -2.50. The molecule has 16 heavy (non-hydrogen) atoms. The first-order valence-electron chi connectivity index (χ1n) is 5.04. The number of carbonyl (C=O) groups excluding carboxylic acids is 1.